The maximum atomic E-state index is 12.3. The zero-order chi connectivity index (χ0) is 14.0. The van der Waals surface area contributed by atoms with Gasteiger partial charge in [0.05, 0.1) is 11.2 Å². The number of anilines is 1. The van der Waals surface area contributed by atoms with E-state index in [2.05, 4.69) is 33.2 Å². The molecule has 3 N–H and O–H groups in total. The first-order valence-corrected chi connectivity index (χ1v) is 7.43. The molecule has 1 fully saturated rings. The molecular weight excluding hydrogens is 306 g/mol. The third kappa shape index (κ3) is 3.34. The topological polar surface area (TPSA) is 68.0 Å². The molecule has 2 atom stereocenters. The van der Waals surface area contributed by atoms with Crippen molar-refractivity contribution in [3.05, 3.63) is 22.3 Å². The van der Waals surface area contributed by atoms with Gasteiger partial charge < -0.3 is 11.1 Å². The van der Waals surface area contributed by atoms with Gasteiger partial charge in [0.15, 0.2) is 0 Å². The fourth-order valence-electron chi connectivity index (χ4n) is 2.65. The molecule has 1 aromatic heterocycles. The molecule has 19 heavy (non-hydrogen) atoms. The third-order valence-electron chi connectivity index (χ3n) is 3.75. The first kappa shape index (κ1) is 14.5. The molecule has 1 aliphatic carbocycles. The molecule has 1 aromatic rings. The number of aryl methyl sites for hydroxylation is 1. The van der Waals surface area contributed by atoms with Crippen LogP contribution in [0.1, 0.15) is 38.3 Å². The number of halogens is 1. The van der Waals surface area contributed by atoms with Crippen molar-refractivity contribution in [1.82, 2.24) is 4.98 Å². The average Bonchev–Trinajstić information content (AvgIpc) is 2.33. The summed E-state index contributed by atoms with van der Waals surface area (Å²) in [5.41, 5.74) is 6.36. The van der Waals surface area contributed by atoms with E-state index in [4.69, 9.17) is 5.73 Å². The van der Waals surface area contributed by atoms with Gasteiger partial charge in [-0.2, -0.15) is 0 Å². The smallest absolute Gasteiger partial charge is 0.245 e. The average molecular weight is 326 g/mol. The maximum absolute atomic E-state index is 12.3. The van der Waals surface area contributed by atoms with Crippen molar-refractivity contribution < 1.29 is 4.79 Å². The van der Waals surface area contributed by atoms with Crippen LogP contribution in [-0.4, -0.2) is 16.4 Å². The van der Waals surface area contributed by atoms with E-state index in [9.17, 15) is 4.79 Å². The summed E-state index contributed by atoms with van der Waals surface area (Å²) in [5.74, 6) is 0.950. The van der Waals surface area contributed by atoms with Crippen LogP contribution < -0.4 is 11.1 Å². The molecule has 1 amide bonds. The van der Waals surface area contributed by atoms with E-state index in [-0.39, 0.29) is 5.91 Å². The number of hydrogen-bond donors (Lipinski definition) is 2. The zero-order valence-corrected chi connectivity index (χ0v) is 13.0. The van der Waals surface area contributed by atoms with Crippen molar-refractivity contribution in [2.75, 3.05) is 5.32 Å². The first-order valence-electron chi connectivity index (χ1n) is 6.64. The number of carbonyl (C=O) groups excluding carboxylic acids is 1. The van der Waals surface area contributed by atoms with Crippen molar-refractivity contribution in [1.29, 1.82) is 0 Å². The second-order valence-electron chi connectivity index (χ2n) is 5.58. The van der Waals surface area contributed by atoms with Gasteiger partial charge in [-0.15, -0.1) is 0 Å². The van der Waals surface area contributed by atoms with Crippen molar-refractivity contribution >= 4 is 27.7 Å². The molecule has 1 aliphatic rings. The third-order valence-corrected chi connectivity index (χ3v) is 4.59. The maximum Gasteiger partial charge on any atom is 0.245 e. The molecule has 2 rings (SSSR count). The number of nitrogens with zero attached hydrogens (tertiary/aromatic N) is 1. The predicted molar refractivity (Wildman–Crippen MR) is 79.9 cm³/mol. The lowest BCUT2D eigenvalue weighted by Gasteiger charge is -2.35. The number of carbonyl (C=O) groups is 1. The molecule has 5 heteroatoms. The Bertz CT molecular complexity index is 492. The Morgan fingerprint density at radius 1 is 1.58 bits per heavy atom. The summed E-state index contributed by atoms with van der Waals surface area (Å²) in [6, 6.07) is 3.66. The SMILES string of the molecule is Cc1nc(NC(=O)C2(N)CCCC(C)C2)ccc1Br. The lowest BCUT2D eigenvalue weighted by atomic mass is 9.76. The lowest BCUT2D eigenvalue weighted by Crippen LogP contribution is -2.53. The Morgan fingerprint density at radius 3 is 2.95 bits per heavy atom. The summed E-state index contributed by atoms with van der Waals surface area (Å²) >= 11 is 3.39. The summed E-state index contributed by atoms with van der Waals surface area (Å²) in [5, 5.41) is 2.84. The fourth-order valence-corrected chi connectivity index (χ4v) is 2.87. The Kier molecular flexibility index (Phi) is 4.26. The molecule has 2 unspecified atom stereocenters. The minimum absolute atomic E-state index is 0.117. The monoisotopic (exact) mass is 325 g/mol. The van der Waals surface area contributed by atoms with E-state index in [1.165, 1.54) is 0 Å². The molecule has 0 radical (unpaired) electrons. The summed E-state index contributed by atoms with van der Waals surface area (Å²) in [7, 11) is 0. The lowest BCUT2D eigenvalue weighted by molar-refractivity contribution is -0.122. The van der Waals surface area contributed by atoms with Gasteiger partial charge >= 0.3 is 0 Å². The highest BCUT2D eigenvalue weighted by Crippen LogP contribution is 2.31. The molecule has 1 heterocycles. The quantitative estimate of drug-likeness (QED) is 0.878. The Labute approximate surface area is 122 Å². The summed E-state index contributed by atoms with van der Waals surface area (Å²) in [4.78, 5) is 16.7. The van der Waals surface area contributed by atoms with Gasteiger partial charge in [0, 0.05) is 4.47 Å². The van der Waals surface area contributed by atoms with E-state index in [0.29, 0.717) is 11.7 Å². The van der Waals surface area contributed by atoms with Crippen LogP contribution in [0.5, 0.6) is 0 Å². The van der Waals surface area contributed by atoms with Gasteiger partial charge in [0.1, 0.15) is 5.82 Å². The molecule has 4 nitrogen and oxygen atoms in total. The van der Waals surface area contributed by atoms with Crippen molar-refractivity contribution in [3.63, 3.8) is 0 Å². The highest BCUT2D eigenvalue weighted by atomic mass is 79.9. The van der Waals surface area contributed by atoms with Crippen LogP contribution in [0.3, 0.4) is 0 Å². The van der Waals surface area contributed by atoms with E-state index in [1.54, 1.807) is 6.07 Å². The van der Waals surface area contributed by atoms with Crippen molar-refractivity contribution in [2.24, 2.45) is 11.7 Å². The molecule has 0 aliphatic heterocycles. The minimum atomic E-state index is -0.750. The van der Waals surface area contributed by atoms with E-state index in [0.717, 1.165) is 35.8 Å². The number of rotatable bonds is 2. The standard InChI is InChI=1S/C14H20BrN3O/c1-9-4-3-7-14(16,8-9)13(19)18-12-6-5-11(15)10(2)17-12/h5-6,9H,3-4,7-8,16H2,1-2H3,(H,17,18,19). The number of aromatic nitrogens is 1. The minimum Gasteiger partial charge on any atom is -0.317 e. The molecule has 1 saturated carbocycles. The van der Waals surface area contributed by atoms with Gasteiger partial charge in [-0.3, -0.25) is 4.79 Å². The number of nitrogens with two attached hydrogens (primary N) is 1. The van der Waals surface area contributed by atoms with Crippen LogP contribution >= 0.6 is 15.9 Å². The summed E-state index contributed by atoms with van der Waals surface area (Å²) in [6.07, 6.45) is 3.66. The normalized spacial score (nSPS) is 27.1. The van der Waals surface area contributed by atoms with Crippen LogP contribution in [0.25, 0.3) is 0 Å². The predicted octanol–water partition coefficient (Wildman–Crippen LogP) is 3.00. The van der Waals surface area contributed by atoms with E-state index in [1.807, 2.05) is 13.0 Å². The van der Waals surface area contributed by atoms with Crippen LogP contribution in [-0.2, 0) is 4.79 Å². The van der Waals surface area contributed by atoms with E-state index >= 15 is 0 Å². The van der Waals surface area contributed by atoms with Gasteiger partial charge in [0.25, 0.3) is 0 Å². The van der Waals surface area contributed by atoms with Crippen LogP contribution in [0.4, 0.5) is 5.82 Å². The first-order chi connectivity index (χ1) is 8.90. The van der Waals surface area contributed by atoms with Crippen molar-refractivity contribution in [3.8, 4) is 0 Å². The fraction of sp³-hybridized carbons (Fsp3) is 0.571. The van der Waals surface area contributed by atoms with Gasteiger partial charge in [0.2, 0.25) is 5.91 Å². The van der Waals surface area contributed by atoms with Gasteiger partial charge in [-0.05, 0) is 53.7 Å². The molecule has 0 spiro atoms. The van der Waals surface area contributed by atoms with Gasteiger partial charge in [-0.1, -0.05) is 19.8 Å². The molecule has 104 valence electrons. The number of amides is 1. The van der Waals surface area contributed by atoms with E-state index < -0.39 is 5.54 Å². The molecule has 0 saturated heterocycles. The van der Waals surface area contributed by atoms with Crippen LogP contribution in [0.2, 0.25) is 0 Å². The zero-order valence-electron chi connectivity index (χ0n) is 11.4. The Hall–Kier alpha value is -0.940. The second-order valence-corrected chi connectivity index (χ2v) is 6.43. The van der Waals surface area contributed by atoms with Crippen LogP contribution in [0.15, 0.2) is 16.6 Å². The molecule has 0 bridgehead atoms. The Balaban J connectivity index is 2.09. The second kappa shape index (κ2) is 5.59. The van der Waals surface area contributed by atoms with Crippen molar-refractivity contribution in [2.45, 2.75) is 45.1 Å². The summed E-state index contributed by atoms with van der Waals surface area (Å²) in [6.45, 7) is 4.04. The highest BCUT2D eigenvalue weighted by molar-refractivity contribution is 9.10. The van der Waals surface area contributed by atoms with Gasteiger partial charge in [-0.25, -0.2) is 4.98 Å². The highest BCUT2D eigenvalue weighted by Gasteiger charge is 2.38. The largest absolute Gasteiger partial charge is 0.317 e. The number of pyridine rings is 1. The van der Waals surface area contributed by atoms with Crippen LogP contribution in [0, 0.1) is 12.8 Å². The molecule has 0 aromatic carbocycles. The Morgan fingerprint density at radius 2 is 2.32 bits per heavy atom. The number of nitrogens with one attached hydrogen (secondary N) is 1. The summed E-state index contributed by atoms with van der Waals surface area (Å²) < 4.78 is 0.930. The number of hydrogen-bond acceptors (Lipinski definition) is 3. The molecular formula is C14H20BrN3O.